The third-order valence-electron chi connectivity index (χ3n) is 10.1. The summed E-state index contributed by atoms with van der Waals surface area (Å²) < 4.78 is 55.8. The third-order valence-corrected chi connectivity index (χ3v) is 10.1. The Morgan fingerprint density at radius 2 is 1.89 bits per heavy atom. The Labute approximate surface area is 273 Å². The van der Waals surface area contributed by atoms with Crippen molar-refractivity contribution in [2.75, 3.05) is 20.3 Å². The molecular weight excluding hydrogens is 614 g/mol. The van der Waals surface area contributed by atoms with Gasteiger partial charge in [-0.25, -0.2) is 14.8 Å². The van der Waals surface area contributed by atoms with Gasteiger partial charge in [-0.3, -0.25) is 9.59 Å². The second kappa shape index (κ2) is 12.4. The number of methoxy groups -OCH3 is 1. The van der Waals surface area contributed by atoms with Crippen molar-refractivity contribution in [3.8, 4) is 11.6 Å². The Bertz CT molecular complexity index is 1550. The largest absolute Gasteiger partial charge is 0.497 e. The Morgan fingerprint density at radius 3 is 2.57 bits per heavy atom. The van der Waals surface area contributed by atoms with Gasteiger partial charge < -0.3 is 29.2 Å². The molecule has 256 valence electrons. The molecule has 2 unspecified atom stereocenters. The molecule has 2 amide bonds. The molecule has 13 heteroatoms. The van der Waals surface area contributed by atoms with Crippen molar-refractivity contribution in [2.24, 2.45) is 23.2 Å². The van der Waals surface area contributed by atoms with Crippen molar-refractivity contribution in [2.45, 2.75) is 103 Å². The maximum Gasteiger partial charge on any atom is 0.408 e. The van der Waals surface area contributed by atoms with Gasteiger partial charge in [-0.1, -0.05) is 27.7 Å². The van der Waals surface area contributed by atoms with Gasteiger partial charge in [0.15, 0.2) is 11.5 Å². The minimum atomic E-state index is -3.44. The molecule has 1 aromatic carbocycles. The number of alkyl carbamates (subject to hydrolysis) is 1. The maximum absolute atomic E-state index is 16.1. The number of Topliss-reactive ketones (excluding diaryl/α,β-unsaturated/α-hetero) is 1. The van der Waals surface area contributed by atoms with Crippen molar-refractivity contribution < 1.29 is 42.1 Å². The number of amides is 2. The normalized spacial score (nSPS) is 32.6. The number of ketones is 1. The van der Waals surface area contributed by atoms with Crippen LogP contribution in [-0.4, -0.2) is 83.3 Å². The van der Waals surface area contributed by atoms with Gasteiger partial charge in [-0.2, -0.15) is 8.78 Å². The number of carbonyl (C=O) groups is 3. The van der Waals surface area contributed by atoms with Crippen molar-refractivity contribution in [3.05, 3.63) is 23.9 Å². The molecule has 6 rings (SSSR count). The summed E-state index contributed by atoms with van der Waals surface area (Å²) in [5, 5.41) is 2.79. The first kappa shape index (κ1) is 33.3. The number of hydrogen-bond donors (Lipinski definition) is 1. The van der Waals surface area contributed by atoms with E-state index < -0.39 is 71.8 Å². The fourth-order valence-corrected chi connectivity index (χ4v) is 7.58. The Hall–Kier alpha value is -3.61. The number of fused-ring (bicyclic) bond motifs is 7. The van der Waals surface area contributed by atoms with Gasteiger partial charge in [-0.05, 0) is 62.0 Å². The SMILES string of the molecule is CC[C@@H]1[C@@H]2CN(C(=O)[C@H](C(C)(C)C)NC(=O)O[C@@H]3CC4CC4[C@H]3OCCCC(F)(F)c3nc4ccc(OC)cc4nc3O2)[C@@H]1C(C)=O. The molecule has 47 heavy (non-hydrogen) atoms. The van der Waals surface area contributed by atoms with E-state index in [0.29, 0.717) is 30.0 Å². The molecule has 2 bridgehead atoms. The molecule has 1 aromatic heterocycles. The molecule has 11 nitrogen and oxygen atoms in total. The molecule has 2 aliphatic heterocycles. The highest BCUT2D eigenvalue weighted by Crippen LogP contribution is 2.54. The first-order valence-corrected chi connectivity index (χ1v) is 16.5. The Kier molecular flexibility index (Phi) is 8.82. The molecule has 2 saturated carbocycles. The zero-order valence-corrected chi connectivity index (χ0v) is 27.8. The molecule has 3 heterocycles. The molecule has 3 fully saturated rings. The van der Waals surface area contributed by atoms with Crippen molar-refractivity contribution in [1.29, 1.82) is 0 Å². The van der Waals surface area contributed by atoms with Gasteiger partial charge in [0, 0.05) is 25.0 Å². The molecule has 0 spiro atoms. The molecule has 1 N–H and O–H groups in total. The Balaban J connectivity index is 1.43. The van der Waals surface area contributed by atoms with Crippen LogP contribution in [0, 0.1) is 23.2 Å². The zero-order valence-electron chi connectivity index (χ0n) is 27.8. The second-order valence-corrected chi connectivity index (χ2v) is 14.4. The quantitative estimate of drug-likeness (QED) is 0.483. The molecule has 1 saturated heterocycles. The molecule has 8 atom stereocenters. The van der Waals surface area contributed by atoms with E-state index in [1.54, 1.807) is 18.2 Å². The van der Waals surface area contributed by atoms with Crippen LogP contribution in [0.3, 0.4) is 0 Å². The average molecular weight is 659 g/mol. The number of benzene rings is 1. The number of halogens is 2. The van der Waals surface area contributed by atoms with Gasteiger partial charge in [0.25, 0.3) is 5.92 Å². The summed E-state index contributed by atoms with van der Waals surface area (Å²) in [6, 6.07) is 2.83. The van der Waals surface area contributed by atoms with Gasteiger partial charge in [0.1, 0.15) is 24.0 Å². The zero-order chi connectivity index (χ0) is 33.8. The van der Waals surface area contributed by atoms with E-state index >= 15 is 8.78 Å². The van der Waals surface area contributed by atoms with Crippen molar-refractivity contribution in [3.63, 3.8) is 0 Å². The first-order valence-electron chi connectivity index (χ1n) is 16.5. The first-order chi connectivity index (χ1) is 22.2. The van der Waals surface area contributed by atoms with Crippen LogP contribution in [0.2, 0.25) is 0 Å². The Morgan fingerprint density at radius 1 is 1.13 bits per heavy atom. The van der Waals surface area contributed by atoms with Crippen LogP contribution in [0.4, 0.5) is 13.6 Å². The summed E-state index contributed by atoms with van der Waals surface area (Å²) in [6.07, 6.45) is -1.18. The lowest BCUT2D eigenvalue weighted by Crippen LogP contribution is -2.57. The van der Waals surface area contributed by atoms with Crippen LogP contribution in [0.5, 0.6) is 11.6 Å². The standard InChI is InChI=1S/C34H44F2N4O7/c1-7-20-25-16-40(26(20)17(2)41)31(42)29(33(3,4)5)39-32(43)47-24-14-18-13-21(18)27(24)45-12-8-11-34(35,36)28-30(46-25)38-23-15-19(44-6)9-10-22(23)37-28/h9-10,15,18,20-21,24-27,29H,7-8,11-14,16H2,1-6H3,(H,39,43)/t18?,20-,21?,24-,25+,26-,27-,29-/m1/s1. The van der Waals surface area contributed by atoms with E-state index in [2.05, 4.69) is 15.3 Å². The maximum atomic E-state index is 16.1. The van der Waals surface area contributed by atoms with E-state index in [1.807, 2.05) is 27.7 Å². The van der Waals surface area contributed by atoms with Crippen LogP contribution in [0.15, 0.2) is 18.2 Å². The van der Waals surface area contributed by atoms with E-state index in [-0.39, 0.29) is 42.7 Å². The number of nitrogens with one attached hydrogen (secondary N) is 1. The van der Waals surface area contributed by atoms with Crippen molar-refractivity contribution in [1.82, 2.24) is 20.2 Å². The number of alkyl halides is 2. The van der Waals surface area contributed by atoms with Crippen LogP contribution in [0.25, 0.3) is 11.0 Å². The average Bonchev–Trinajstić information content (AvgIpc) is 3.54. The molecule has 4 aliphatic rings. The lowest BCUT2D eigenvalue weighted by molar-refractivity contribution is -0.141. The lowest BCUT2D eigenvalue weighted by atomic mass is 9.85. The van der Waals surface area contributed by atoms with Gasteiger partial charge in [0.2, 0.25) is 11.8 Å². The fraction of sp³-hybridized carbons (Fsp3) is 0.676. The van der Waals surface area contributed by atoms with Gasteiger partial charge in [0.05, 0.1) is 36.8 Å². The van der Waals surface area contributed by atoms with Gasteiger partial charge in [-0.15, -0.1) is 0 Å². The van der Waals surface area contributed by atoms with E-state index in [9.17, 15) is 14.4 Å². The second-order valence-electron chi connectivity index (χ2n) is 14.4. The smallest absolute Gasteiger partial charge is 0.408 e. The molecule has 2 aliphatic carbocycles. The topological polar surface area (TPSA) is 129 Å². The lowest BCUT2D eigenvalue weighted by Gasteiger charge is -2.35. The highest BCUT2D eigenvalue weighted by atomic mass is 19.3. The summed E-state index contributed by atoms with van der Waals surface area (Å²) in [4.78, 5) is 51.0. The van der Waals surface area contributed by atoms with Crippen LogP contribution in [-0.2, 0) is 25.0 Å². The fourth-order valence-electron chi connectivity index (χ4n) is 7.58. The molecule has 0 radical (unpaired) electrons. The number of hydrogen-bond acceptors (Lipinski definition) is 9. The van der Waals surface area contributed by atoms with Crippen LogP contribution >= 0.6 is 0 Å². The third kappa shape index (κ3) is 6.47. The minimum Gasteiger partial charge on any atom is -0.497 e. The predicted octanol–water partition coefficient (Wildman–Crippen LogP) is 5.03. The summed E-state index contributed by atoms with van der Waals surface area (Å²) in [7, 11) is 1.49. The van der Waals surface area contributed by atoms with E-state index in [0.717, 1.165) is 6.42 Å². The van der Waals surface area contributed by atoms with Gasteiger partial charge >= 0.3 is 6.09 Å². The van der Waals surface area contributed by atoms with Crippen LogP contribution in [0.1, 0.15) is 72.4 Å². The van der Waals surface area contributed by atoms with Crippen LogP contribution < -0.4 is 14.8 Å². The monoisotopic (exact) mass is 658 g/mol. The molecular formula is C34H44F2N4O7. The summed E-state index contributed by atoms with van der Waals surface area (Å²) >= 11 is 0. The predicted molar refractivity (Wildman–Crippen MR) is 166 cm³/mol. The minimum absolute atomic E-state index is 0.0172. The summed E-state index contributed by atoms with van der Waals surface area (Å²) in [5.74, 6) is -4.07. The highest BCUT2D eigenvalue weighted by molar-refractivity contribution is 5.92. The number of nitrogens with zero attached hydrogens (tertiary/aromatic N) is 3. The molecule has 2 aromatic rings. The number of ether oxygens (including phenoxy) is 4. The highest BCUT2D eigenvalue weighted by Gasteiger charge is 2.56. The summed E-state index contributed by atoms with van der Waals surface area (Å²) in [5.41, 5.74) is -0.824. The van der Waals surface area contributed by atoms with E-state index in [1.165, 1.54) is 18.9 Å². The van der Waals surface area contributed by atoms with E-state index in [4.69, 9.17) is 18.9 Å². The number of aromatic nitrogens is 2. The number of rotatable bonds is 3. The van der Waals surface area contributed by atoms with Crippen molar-refractivity contribution >= 4 is 28.8 Å². The summed E-state index contributed by atoms with van der Waals surface area (Å²) in [6.45, 7) is 8.66. The number of carbonyl (C=O) groups excluding carboxylic acids is 3.